The molecule has 3 fully saturated rings. The summed E-state index contributed by atoms with van der Waals surface area (Å²) in [4.78, 5) is 12.8. The number of rotatable bonds is 5. The van der Waals surface area contributed by atoms with Gasteiger partial charge in [-0.3, -0.25) is 4.79 Å². The van der Waals surface area contributed by atoms with Crippen LogP contribution in [0.3, 0.4) is 0 Å². The Morgan fingerprint density at radius 3 is 2.32 bits per heavy atom. The molecule has 34 heavy (non-hydrogen) atoms. The zero-order valence-electron chi connectivity index (χ0n) is 22.9. The topological polar surface area (TPSA) is 77.8 Å². The van der Waals surface area contributed by atoms with Gasteiger partial charge in [-0.15, -0.1) is 0 Å². The zero-order chi connectivity index (χ0) is 25.5. The molecule has 0 bridgehead atoms. The second-order valence-corrected chi connectivity index (χ2v) is 14.5. The Hall–Kier alpha value is -0.710. The van der Waals surface area contributed by atoms with Crippen LogP contribution in [0.25, 0.3) is 0 Å². The molecular formula is C30H50O4. The third kappa shape index (κ3) is 3.60. The summed E-state index contributed by atoms with van der Waals surface area (Å²) in [6.07, 6.45) is 8.46. The average Bonchev–Trinajstić information content (AvgIpc) is 3.01. The highest BCUT2D eigenvalue weighted by Gasteiger charge is 2.65. The van der Waals surface area contributed by atoms with Crippen molar-refractivity contribution in [3.8, 4) is 0 Å². The van der Waals surface area contributed by atoms with Gasteiger partial charge in [-0.2, -0.15) is 0 Å². The van der Waals surface area contributed by atoms with Gasteiger partial charge in [0.15, 0.2) is 0 Å². The normalized spacial score (nSPS) is 44.4. The predicted octanol–water partition coefficient (Wildman–Crippen LogP) is 5.68. The van der Waals surface area contributed by atoms with Gasteiger partial charge in [0, 0.05) is 11.8 Å². The molecule has 0 aromatic carbocycles. The molecule has 0 heterocycles. The fraction of sp³-hybridized carbons (Fsp3) is 0.900. The Labute approximate surface area is 207 Å². The molecule has 0 radical (unpaired) electrons. The molecule has 4 nitrogen and oxygen atoms in total. The minimum atomic E-state index is -1.31. The molecule has 0 aromatic rings. The van der Waals surface area contributed by atoms with Crippen LogP contribution in [0, 0.1) is 45.3 Å². The number of ketones is 1. The van der Waals surface area contributed by atoms with Crippen molar-refractivity contribution in [1.82, 2.24) is 0 Å². The highest BCUT2D eigenvalue weighted by molar-refractivity contribution is 5.85. The van der Waals surface area contributed by atoms with Gasteiger partial charge >= 0.3 is 0 Å². The molecule has 9 atom stereocenters. The molecule has 3 N–H and O–H groups in total. The van der Waals surface area contributed by atoms with Crippen molar-refractivity contribution < 1.29 is 20.1 Å². The van der Waals surface area contributed by atoms with Crippen molar-refractivity contribution in [2.75, 3.05) is 0 Å². The largest absolute Gasteiger partial charge is 0.390 e. The van der Waals surface area contributed by atoms with Crippen molar-refractivity contribution in [2.45, 2.75) is 125 Å². The minimum absolute atomic E-state index is 0.147. The Kier molecular flexibility index (Phi) is 6.32. The number of fused-ring (bicyclic) bond motifs is 5. The van der Waals surface area contributed by atoms with Crippen LogP contribution in [0.1, 0.15) is 107 Å². The van der Waals surface area contributed by atoms with Gasteiger partial charge in [0.25, 0.3) is 0 Å². The predicted molar refractivity (Wildman–Crippen MR) is 136 cm³/mol. The lowest BCUT2D eigenvalue weighted by atomic mass is 9.41. The maximum atomic E-state index is 12.8. The van der Waals surface area contributed by atoms with Crippen LogP contribution in [0.15, 0.2) is 11.6 Å². The van der Waals surface area contributed by atoms with Crippen molar-refractivity contribution in [1.29, 1.82) is 0 Å². The number of allylic oxidation sites excluding steroid dienone is 2. The summed E-state index contributed by atoms with van der Waals surface area (Å²) in [5.74, 6) is 2.19. The van der Waals surface area contributed by atoms with E-state index in [4.69, 9.17) is 0 Å². The molecule has 194 valence electrons. The van der Waals surface area contributed by atoms with E-state index < -0.39 is 17.8 Å². The smallest absolute Gasteiger partial charge is 0.138 e. The van der Waals surface area contributed by atoms with Crippen LogP contribution < -0.4 is 0 Å². The maximum absolute atomic E-state index is 12.8. The highest BCUT2D eigenvalue weighted by Crippen LogP contribution is 2.73. The molecule has 0 saturated heterocycles. The molecule has 4 aliphatic rings. The minimum Gasteiger partial charge on any atom is -0.390 e. The lowest BCUT2D eigenvalue weighted by Gasteiger charge is -2.63. The molecule has 0 amide bonds. The molecule has 3 saturated carbocycles. The highest BCUT2D eigenvalue weighted by atomic mass is 16.4. The van der Waals surface area contributed by atoms with Crippen LogP contribution in [0.5, 0.6) is 0 Å². The average molecular weight is 475 g/mol. The first kappa shape index (κ1) is 26.4. The van der Waals surface area contributed by atoms with Gasteiger partial charge in [-0.05, 0) is 98.7 Å². The van der Waals surface area contributed by atoms with E-state index in [0.29, 0.717) is 30.0 Å². The van der Waals surface area contributed by atoms with E-state index in [9.17, 15) is 20.1 Å². The number of carbonyl (C=O) groups excluding carboxylic acids is 1. The van der Waals surface area contributed by atoms with E-state index >= 15 is 0 Å². The van der Waals surface area contributed by atoms with E-state index in [1.807, 2.05) is 0 Å². The van der Waals surface area contributed by atoms with Gasteiger partial charge in [0.2, 0.25) is 0 Å². The van der Waals surface area contributed by atoms with Gasteiger partial charge in [0.1, 0.15) is 11.9 Å². The first-order chi connectivity index (χ1) is 15.5. The lowest BCUT2D eigenvalue weighted by molar-refractivity contribution is -0.146. The summed E-state index contributed by atoms with van der Waals surface area (Å²) in [5, 5.41) is 31.3. The molecular weight excluding hydrogens is 424 g/mol. The molecule has 4 heteroatoms. The summed E-state index contributed by atoms with van der Waals surface area (Å²) in [5.41, 5.74) is 0.630. The Morgan fingerprint density at radius 1 is 1.06 bits per heavy atom. The van der Waals surface area contributed by atoms with E-state index in [-0.39, 0.29) is 27.6 Å². The van der Waals surface area contributed by atoms with Crippen LogP contribution in [0.4, 0.5) is 0 Å². The summed E-state index contributed by atoms with van der Waals surface area (Å²) in [6, 6.07) is 0. The first-order valence-electron chi connectivity index (χ1n) is 13.8. The zero-order valence-corrected chi connectivity index (χ0v) is 22.9. The summed E-state index contributed by atoms with van der Waals surface area (Å²) in [7, 11) is 0. The van der Waals surface area contributed by atoms with Gasteiger partial charge in [-0.1, -0.05) is 53.2 Å². The number of Topliss-reactive ketones (excluding diaryl/α,β-unsaturated/α-hetero) is 1. The SMILES string of the molecule is C[C@@H](C[C@@H](O)[C@H](O)C(C)(C)O)[C@@H]1CC[C@]2(C)C3=CC[C@H]4C(C)(C)C(=O)CC[C@]4(C)[C@@H]3CC[C@@]12C. The summed E-state index contributed by atoms with van der Waals surface area (Å²) in [6.45, 7) is 17.2. The van der Waals surface area contributed by atoms with Gasteiger partial charge < -0.3 is 15.3 Å². The van der Waals surface area contributed by atoms with Crippen LogP contribution in [-0.2, 0) is 4.79 Å². The number of aliphatic hydroxyl groups excluding tert-OH is 2. The van der Waals surface area contributed by atoms with Crippen LogP contribution in [0.2, 0.25) is 0 Å². The molecule has 0 aromatic heterocycles. The fourth-order valence-electron chi connectivity index (χ4n) is 9.61. The van der Waals surface area contributed by atoms with E-state index in [1.165, 1.54) is 19.3 Å². The quantitative estimate of drug-likeness (QED) is 0.448. The fourth-order valence-corrected chi connectivity index (χ4v) is 9.61. The maximum Gasteiger partial charge on any atom is 0.138 e. The number of hydrogen-bond acceptors (Lipinski definition) is 4. The van der Waals surface area contributed by atoms with Crippen molar-refractivity contribution >= 4 is 5.78 Å². The molecule has 0 spiro atoms. The second kappa shape index (κ2) is 8.15. The Balaban J connectivity index is 1.60. The van der Waals surface area contributed by atoms with Crippen molar-refractivity contribution in [3.05, 3.63) is 11.6 Å². The van der Waals surface area contributed by atoms with Crippen LogP contribution in [-0.4, -0.2) is 38.9 Å². The van der Waals surface area contributed by atoms with E-state index in [0.717, 1.165) is 25.7 Å². The van der Waals surface area contributed by atoms with Gasteiger partial charge in [-0.25, -0.2) is 0 Å². The molecule has 4 rings (SSSR count). The van der Waals surface area contributed by atoms with Gasteiger partial charge in [0.05, 0.1) is 11.7 Å². The Morgan fingerprint density at radius 2 is 1.71 bits per heavy atom. The van der Waals surface area contributed by atoms with Crippen LogP contribution >= 0.6 is 0 Å². The molecule has 0 unspecified atom stereocenters. The summed E-state index contributed by atoms with van der Waals surface area (Å²) < 4.78 is 0. The third-order valence-electron chi connectivity index (χ3n) is 12.0. The second-order valence-electron chi connectivity index (χ2n) is 14.5. The Bertz CT molecular complexity index is 852. The lowest BCUT2D eigenvalue weighted by Crippen LogP contribution is -2.57. The molecule has 4 aliphatic carbocycles. The standard InChI is InChI=1S/C30H50O4/c1-18(17-22(31)25(33)27(4,5)34)19-11-15-30(8)21-9-10-23-26(2,3)24(32)13-14-28(23,6)20(21)12-16-29(19,30)7/h9,18-20,22-23,25,31,33-34H,10-17H2,1-8H3/t18-,19-,20+,22+,23-,25-,28+,29-,30+/m0/s1. The van der Waals surface area contributed by atoms with Crippen molar-refractivity contribution in [3.63, 3.8) is 0 Å². The number of hydrogen-bond donors (Lipinski definition) is 3. The number of carbonyl (C=O) groups is 1. The third-order valence-corrected chi connectivity index (χ3v) is 12.0. The first-order valence-corrected chi connectivity index (χ1v) is 13.8. The summed E-state index contributed by atoms with van der Waals surface area (Å²) >= 11 is 0. The number of aliphatic hydroxyl groups is 3. The monoisotopic (exact) mass is 474 g/mol. The van der Waals surface area contributed by atoms with Crippen molar-refractivity contribution in [2.24, 2.45) is 45.3 Å². The molecule has 0 aliphatic heterocycles. The van der Waals surface area contributed by atoms with E-state index in [1.54, 1.807) is 19.4 Å². The van der Waals surface area contributed by atoms with E-state index in [2.05, 4.69) is 47.6 Å².